The van der Waals surface area contributed by atoms with Crippen LogP contribution >= 0.6 is 23.5 Å². The maximum Gasteiger partial charge on any atom is 0.348 e. The Morgan fingerprint density at radius 3 is 2.22 bits per heavy atom. The number of benzene rings is 1. The molecular formula is C37H54F2N4O18S2. The molecule has 3 amide bonds. The summed E-state index contributed by atoms with van der Waals surface area (Å²) in [6.07, 6.45) is -13.3. The van der Waals surface area contributed by atoms with Crippen LogP contribution in [-0.4, -0.2) is 189 Å². The maximum atomic E-state index is 13.2. The van der Waals surface area contributed by atoms with Gasteiger partial charge in [0.15, 0.2) is 19.6 Å². The van der Waals surface area contributed by atoms with E-state index in [0.29, 0.717) is 49.1 Å². The van der Waals surface area contributed by atoms with Crippen LogP contribution in [0.3, 0.4) is 0 Å². The number of carbonyl (C=O) groups is 5. The number of alkyl halides is 2. The number of unbranched alkanes of at least 4 members (excludes halogenated alkanes) is 1. The SMILES string of the molecule is COC(=O)[C@@]1(SC[C@H]2O[C@H](OCCCSCCNC(=O)CCCCC(=O)Oc3ccc([N+](=O)[O-])cc3)[C@H](NC(=O)CF)[C@@H](O)[C@H]2O)C[C@H](O)[C@@H](NC(=O)CF)[C@H]([C@H](O)[C@H](O)CO)O1. The molecule has 2 fully saturated rings. The van der Waals surface area contributed by atoms with Gasteiger partial charge in [-0.1, -0.05) is 0 Å². The molecule has 2 aliphatic rings. The molecule has 2 heterocycles. The number of halogens is 2. The molecular weight excluding hydrogens is 891 g/mol. The van der Waals surface area contributed by atoms with Crippen LogP contribution in [0.2, 0.25) is 0 Å². The Hall–Kier alpha value is -3.83. The third-order valence-corrected chi connectivity index (χ3v) is 12.1. The Bertz CT molecular complexity index is 1660. The van der Waals surface area contributed by atoms with Gasteiger partial charge in [-0.3, -0.25) is 29.3 Å². The molecule has 0 saturated carbocycles. The fourth-order valence-corrected chi connectivity index (χ4v) is 8.56. The molecule has 356 valence electrons. The van der Waals surface area contributed by atoms with Crippen LogP contribution in [0.5, 0.6) is 5.75 Å². The molecule has 0 radical (unpaired) electrons. The highest BCUT2D eigenvalue weighted by atomic mass is 32.2. The Morgan fingerprint density at radius 2 is 1.60 bits per heavy atom. The van der Waals surface area contributed by atoms with Crippen molar-refractivity contribution in [2.75, 3.05) is 57.5 Å². The average Bonchev–Trinajstić information content (AvgIpc) is 3.27. The number of aliphatic hydroxyl groups is 6. The summed E-state index contributed by atoms with van der Waals surface area (Å²) in [4.78, 5) is 69.3. The molecule has 11 atom stereocenters. The minimum Gasteiger partial charge on any atom is -0.466 e. The molecule has 3 rings (SSSR count). The molecule has 0 aromatic heterocycles. The van der Waals surface area contributed by atoms with E-state index in [4.69, 9.17) is 23.7 Å². The minimum atomic E-state index is -2.25. The zero-order valence-corrected chi connectivity index (χ0v) is 35.7. The van der Waals surface area contributed by atoms with E-state index < -0.39 is 127 Å². The summed E-state index contributed by atoms with van der Waals surface area (Å²) >= 11 is 2.02. The van der Waals surface area contributed by atoms with Crippen molar-refractivity contribution < 1.29 is 92.0 Å². The number of nitro groups is 1. The second kappa shape index (κ2) is 26.8. The van der Waals surface area contributed by atoms with Gasteiger partial charge >= 0.3 is 11.9 Å². The van der Waals surface area contributed by atoms with Crippen molar-refractivity contribution in [2.45, 2.75) is 105 Å². The van der Waals surface area contributed by atoms with Crippen molar-refractivity contribution in [2.24, 2.45) is 0 Å². The average molecular weight is 945 g/mol. The summed E-state index contributed by atoms with van der Waals surface area (Å²) in [6, 6.07) is 2.01. The lowest BCUT2D eigenvalue weighted by Gasteiger charge is -2.48. The van der Waals surface area contributed by atoms with Crippen molar-refractivity contribution in [1.29, 1.82) is 0 Å². The number of esters is 2. The first-order valence-electron chi connectivity index (χ1n) is 19.7. The standard InChI is InChI=1S/C37H54F2N4O18S2/c1-57-36(54)37(15-22(45)29(41-26(48)16-38)34(61-37)31(51)23(46)18-44)63-19-24-32(52)33(53)30(42-27(49)17-39)35(60-24)58-12-4-13-62-14-11-40-25(47)5-2-3-6-28(50)59-21-9-7-20(8-10-21)43(55)56/h7-10,22-24,29-35,44-46,51-53H,2-6,11-19H2,1H3,(H,40,47)(H,41,48)(H,42,49)/t22-,23+,24+,29+,30+,31+,32-,33+,34+,35-,37-/m0/s1. The zero-order valence-electron chi connectivity index (χ0n) is 34.1. The first kappa shape index (κ1) is 53.5. The molecule has 0 unspecified atom stereocenters. The number of methoxy groups -OCH3 is 1. The number of rotatable bonds is 26. The first-order valence-corrected chi connectivity index (χ1v) is 21.8. The van der Waals surface area contributed by atoms with Gasteiger partial charge in [-0.25, -0.2) is 13.6 Å². The fourth-order valence-electron chi connectivity index (χ4n) is 6.41. The first-order chi connectivity index (χ1) is 30.0. The molecule has 1 aromatic carbocycles. The van der Waals surface area contributed by atoms with E-state index in [-0.39, 0.29) is 36.8 Å². The lowest BCUT2D eigenvalue weighted by Crippen LogP contribution is -2.67. The van der Waals surface area contributed by atoms with Crippen molar-refractivity contribution in [3.8, 4) is 5.75 Å². The number of nitro benzene ring substituents is 1. The van der Waals surface area contributed by atoms with Gasteiger partial charge in [0, 0.05) is 49.4 Å². The smallest absolute Gasteiger partial charge is 0.348 e. The van der Waals surface area contributed by atoms with E-state index in [1.807, 2.05) is 0 Å². The van der Waals surface area contributed by atoms with Gasteiger partial charge in [-0.15, -0.1) is 11.8 Å². The molecule has 22 nitrogen and oxygen atoms in total. The van der Waals surface area contributed by atoms with Crippen LogP contribution in [0.15, 0.2) is 24.3 Å². The number of nitrogens with zero attached hydrogens (tertiary/aromatic N) is 1. The van der Waals surface area contributed by atoms with Crippen LogP contribution in [0.1, 0.15) is 38.5 Å². The van der Waals surface area contributed by atoms with Crippen LogP contribution in [0, 0.1) is 10.1 Å². The second-order valence-corrected chi connectivity index (χ2v) is 16.8. The Labute approximate surface area is 368 Å². The van der Waals surface area contributed by atoms with Gasteiger partial charge in [-0.05, 0) is 37.1 Å². The lowest BCUT2D eigenvalue weighted by atomic mass is 9.89. The number of hydrogen-bond acceptors (Lipinski definition) is 20. The third-order valence-electron chi connectivity index (χ3n) is 9.66. The predicted molar refractivity (Wildman–Crippen MR) is 216 cm³/mol. The Kier molecular flexibility index (Phi) is 22.8. The van der Waals surface area contributed by atoms with Crippen molar-refractivity contribution in [3.63, 3.8) is 0 Å². The largest absolute Gasteiger partial charge is 0.466 e. The Balaban J connectivity index is 1.50. The normalized spacial score (nSPS) is 26.7. The second-order valence-electron chi connectivity index (χ2n) is 14.2. The number of thioether (sulfide) groups is 2. The molecule has 9 N–H and O–H groups in total. The van der Waals surface area contributed by atoms with Crippen LogP contribution in [-0.2, 0) is 42.9 Å². The molecule has 0 bridgehead atoms. The number of hydrogen-bond donors (Lipinski definition) is 9. The summed E-state index contributed by atoms with van der Waals surface area (Å²) in [5.41, 5.74) is -0.139. The van der Waals surface area contributed by atoms with Crippen LogP contribution < -0.4 is 20.7 Å². The van der Waals surface area contributed by atoms with E-state index >= 15 is 0 Å². The van der Waals surface area contributed by atoms with Gasteiger partial charge in [-0.2, -0.15) is 11.8 Å². The van der Waals surface area contributed by atoms with Gasteiger partial charge < -0.3 is 70.3 Å². The minimum absolute atomic E-state index is 0.0263. The van der Waals surface area contributed by atoms with Gasteiger partial charge in [0.2, 0.25) is 10.8 Å². The highest BCUT2D eigenvalue weighted by Gasteiger charge is 2.56. The van der Waals surface area contributed by atoms with E-state index in [1.165, 1.54) is 36.0 Å². The van der Waals surface area contributed by atoms with Gasteiger partial charge in [0.1, 0.15) is 42.3 Å². The van der Waals surface area contributed by atoms with E-state index in [0.717, 1.165) is 7.11 Å². The number of aliphatic hydroxyl groups excluding tert-OH is 6. The number of carbonyl (C=O) groups excluding carboxylic acids is 5. The quantitative estimate of drug-likeness (QED) is 0.0162. The molecule has 2 saturated heterocycles. The summed E-state index contributed by atoms with van der Waals surface area (Å²) < 4.78 is 53.9. The summed E-state index contributed by atoms with van der Waals surface area (Å²) in [7, 11) is 0.971. The monoisotopic (exact) mass is 944 g/mol. The molecule has 1 aromatic rings. The number of non-ortho nitro benzene ring substituents is 1. The summed E-state index contributed by atoms with van der Waals surface area (Å²) in [5.74, 6) is -3.50. The summed E-state index contributed by atoms with van der Waals surface area (Å²) in [6.45, 7) is -3.70. The van der Waals surface area contributed by atoms with Crippen LogP contribution in [0.4, 0.5) is 14.5 Å². The van der Waals surface area contributed by atoms with E-state index in [1.54, 1.807) is 0 Å². The topological polar surface area (TPSA) is 332 Å². The fraction of sp³-hybridized carbons (Fsp3) is 0.703. The van der Waals surface area contributed by atoms with Gasteiger partial charge in [0.25, 0.3) is 17.5 Å². The lowest BCUT2D eigenvalue weighted by molar-refractivity contribution is -0.384. The maximum absolute atomic E-state index is 13.2. The van der Waals surface area contributed by atoms with E-state index in [9.17, 15) is 73.5 Å². The molecule has 0 spiro atoms. The highest BCUT2D eigenvalue weighted by molar-refractivity contribution is 8.01. The molecule has 0 aliphatic carbocycles. The van der Waals surface area contributed by atoms with Crippen molar-refractivity contribution >= 4 is 58.9 Å². The number of nitrogens with one attached hydrogen (secondary N) is 3. The number of amides is 3. The van der Waals surface area contributed by atoms with Crippen LogP contribution in [0.25, 0.3) is 0 Å². The number of ether oxygens (including phenoxy) is 5. The summed E-state index contributed by atoms with van der Waals surface area (Å²) in [5, 5.41) is 81.3. The van der Waals surface area contributed by atoms with Gasteiger partial charge in [0.05, 0.1) is 43.5 Å². The highest BCUT2D eigenvalue weighted by Crippen LogP contribution is 2.42. The molecule has 26 heteroatoms. The Morgan fingerprint density at radius 1 is 0.952 bits per heavy atom. The van der Waals surface area contributed by atoms with Crippen molar-refractivity contribution in [1.82, 2.24) is 16.0 Å². The van der Waals surface area contributed by atoms with E-state index in [2.05, 4.69) is 16.0 Å². The molecule has 63 heavy (non-hydrogen) atoms. The predicted octanol–water partition coefficient (Wildman–Crippen LogP) is -1.86. The molecule has 2 aliphatic heterocycles. The van der Waals surface area contributed by atoms with Crippen molar-refractivity contribution in [3.05, 3.63) is 34.4 Å². The zero-order chi connectivity index (χ0) is 46.7. The third kappa shape index (κ3) is 16.3.